The van der Waals surface area contributed by atoms with E-state index in [4.69, 9.17) is 18.9 Å². The van der Waals surface area contributed by atoms with Crippen LogP contribution in [0.2, 0.25) is 0 Å². The van der Waals surface area contributed by atoms with Gasteiger partial charge in [0.2, 0.25) is 11.5 Å². The molecular weight excluding hydrogens is 306 g/mol. The van der Waals surface area contributed by atoms with Crippen molar-refractivity contribution >= 4 is 11.7 Å². The Kier molecular flexibility index (Phi) is 4.92. The minimum Gasteiger partial charge on any atom is -0.493 e. The van der Waals surface area contributed by atoms with Gasteiger partial charge in [0.15, 0.2) is 5.75 Å². The molecule has 1 fully saturated rings. The van der Waals surface area contributed by atoms with Crippen molar-refractivity contribution in [2.45, 2.75) is 13.3 Å². The van der Waals surface area contributed by atoms with Gasteiger partial charge in [-0.05, 0) is 18.3 Å². The molecule has 0 bridgehead atoms. The molecule has 1 aromatic rings. The lowest BCUT2D eigenvalue weighted by Crippen LogP contribution is -2.12. The number of ether oxygens (including phenoxy) is 4. The predicted molar refractivity (Wildman–Crippen MR) is 80.3 cm³/mol. The summed E-state index contributed by atoms with van der Waals surface area (Å²) in [7, 11) is 3.95. The third kappa shape index (κ3) is 3.30. The van der Waals surface area contributed by atoms with Crippen LogP contribution in [0.5, 0.6) is 17.2 Å². The van der Waals surface area contributed by atoms with Crippen LogP contribution < -0.4 is 14.2 Å². The topological polar surface area (TPSA) is 97.1 Å². The van der Waals surface area contributed by atoms with Crippen molar-refractivity contribution in [3.05, 3.63) is 21.7 Å². The molecular formula is C15H19NO7. The summed E-state index contributed by atoms with van der Waals surface area (Å²) in [5.74, 6) is 0.0761. The Labute approximate surface area is 133 Å². The highest BCUT2D eigenvalue weighted by molar-refractivity contribution is 5.97. The molecule has 1 saturated carbocycles. The van der Waals surface area contributed by atoms with Crippen LogP contribution in [0.1, 0.15) is 23.7 Å². The van der Waals surface area contributed by atoms with E-state index in [2.05, 4.69) is 6.92 Å². The number of hydrogen-bond acceptors (Lipinski definition) is 7. The Morgan fingerprint density at radius 2 is 1.87 bits per heavy atom. The molecule has 0 N–H and O–H groups in total. The largest absolute Gasteiger partial charge is 0.493 e. The number of rotatable bonds is 7. The van der Waals surface area contributed by atoms with E-state index in [0.29, 0.717) is 11.8 Å². The second kappa shape index (κ2) is 6.72. The molecule has 0 radical (unpaired) electrons. The molecule has 126 valence electrons. The maximum Gasteiger partial charge on any atom is 0.345 e. The highest BCUT2D eigenvalue weighted by atomic mass is 16.6. The Bertz CT molecular complexity index is 629. The van der Waals surface area contributed by atoms with Gasteiger partial charge in [0.25, 0.3) is 0 Å². The first-order chi connectivity index (χ1) is 10.9. The Hall–Kier alpha value is -2.51. The molecule has 1 aromatic carbocycles. The fraction of sp³-hybridized carbons (Fsp3) is 0.533. The van der Waals surface area contributed by atoms with Gasteiger partial charge in [0, 0.05) is 6.07 Å². The van der Waals surface area contributed by atoms with E-state index >= 15 is 0 Å². The molecule has 23 heavy (non-hydrogen) atoms. The molecule has 0 heterocycles. The summed E-state index contributed by atoms with van der Waals surface area (Å²) in [5.41, 5.74) is -0.725. The zero-order valence-electron chi connectivity index (χ0n) is 13.5. The average Bonchev–Trinajstić information content (AvgIpc) is 3.25. The first-order valence-electron chi connectivity index (χ1n) is 7.09. The lowest BCUT2D eigenvalue weighted by atomic mass is 10.1. The summed E-state index contributed by atoms with van der Waals surface area (Å²) in [6.07, 6.45) is 0.991. The summed E-state index contributed by atoms with van der Waals surface area (Å²) in [6.45, 7) is 2.30. The second-order valence-electron chi connectivity index (χ2n) is 5.37. The third-order valence-electron chi connectivity index (χ3n) is 3.91. The van der Waals surface area contributed by atoms with E-state index in [1.54, 1.807) is 0 Å². The van der Waals surface area contributed by atoms with Crippen LogP contribution in [0.15, 0.2) is 6.07 Å². The van der Waals surface area contributed by atoms with Crippen LogP contribution in [0.4, 0.5) is 5.69 Å². The van der Waals surface area contributed by atoms with E-state index < -0.39 is 16.6 Å². The number of nitro groups is 1. The van der Waals surface area contributed by atoms with Crippen molar-refractivity contribution in [3.63, 3.8) is 0 Å². The lowest BCUT2D eigenvalue weighted by Gasteiger charge is -2.14. The van der Waals surface area contributed by atoms with Gasteiger partial charge >= 0.3 is 11.7 Å². The highest BCUT2D eigenvalue weighted by Crippen LogP contribution is 2.46. The SMILES string of the molecule is COc1cc(C(=O)OCC2CC2C)c([N+](=O)[O-])c(OC)c1OC. The molecule has 0 aromatic heterocycles. The average molecular weight is 325 g/mol. The first-order valence-corrected chi connectivity index (χ1v) is 7.09. The monoisotopic (exact) mass is 325 g/mol. The molecule has 0 saturated heterocycles. The maximum atomic E-state index is 12.3. The van der Waals surface area contributed by atoms with E-state index in [1.165, 1.54) is 27.4 Å². The summed E-state index contributed by atoms with van der Waals surface area (Å²) >= 11 is 0. The van der Waals surface area contributed by atoms with Crippen LogP contribution in [0, 0.1) is 22.0 Å². The standard InChI is InChI=1S/C15H19NO7/c1-8-5-9(8)7-23-15(17)10-6-11(20-2)13(21-3)14(22-4)12(10)16(18)19/h6,8-9H,5,7H2,1-4H3. The number of benzene rings is 1. The van der Waals surface area contributed by atoms with E-state index in [9.17, 15) is 14.9 Å². The molecule has 2 atom stereocenters. The van der Waals surface area contributed by atoms with Crippen LogP contribution in [0.25, 0.3) is 0 Å². The normalized spacial score (nSPS) is 19.0. The smallest absolute Gasteiger partial charge is 0.345 e. The molecule has 0 spiro atoms. The van der Waals surface area contributed by atoms with Crippen molar-refractivity contribution < 1.29 is 28.7 Å². The van der Waals surface area contributed by atoms with Crippen molar-refractivity contribution in [1.82, 2.24) is 0 Å². The molecule has 8 nitrogen and oxygen atoms in total. The van der Waals surface area contributed by atoms with Crippen LogP contribution in [-0.2, 0) is 4.74 Å². The van der Waals surface area contributed by atoms with Crippen LogP contribution in [0.3, 0.4) is 0 Å². The lowest BCUT2D eigenvalue weighted by molar-refractivity contribution is -0.386. The van der Waals surface area contributed by atoms with Gasteiger partial charge in [0.1, 0.15) is 5.56 Å². The van der Waals surface area contributed by atoms with E-state index in [1.807, 2.05) is 0 Å². The van der Waals surface area contributed by atoms with Crippen molar-refractivity contribution in [2.75, 3.05) is 27.9 Å². The van der Waals surface area contributed by atoms with E-state index in [-0.39, 0.29) is 29.4 Å². The van der Waals surface area contributed by atoms with Gasteiger partial charge in [0.05, 0.1) is 32.9 Å². The number of esters is 1. The Balaban J connectivity index is 2.43. The first kappa shape index (κ1) is 16.9. The molecule has 1 aliphatic carbocycles. The summed E-state index contributed by atoms with van der Waals surface area (Å²) < 4.78 is 20.5. The predicted octanol–water partition coefficient (Wildman–Crippen LogP) is 2.43. The van der Waals surface area contributed by atoms with Crippen molar-refractivity contribution in [2.24, 2.45) is 11.8 Å². The van der Waals surface area contributed by atoms with Crippen LogP contribution in [-0.4, -0.2) is 38.8 Å². The van der Waals surface area contributed by atoms with Gasteiger partial charge in [-0.15, -0.1) is 0 Å². The minimum atomic E-state index is -0.782. The van der Waals surface area contributed by atoms with Gasteiger partial charge in [-0.3, -0.25) is 10.1 Å². The molecule has 1 aliphatic rings. The Morgan fingerprint density at radius 3 is 2.30 bits per heavy atom. The second-order valence-corrected chi connectivity index (χ2v) is 5.37. The number of hydrogen-bond donors (Lipinski definition) is 0. The molecule has 2 rings (SSSR count). The van der Waals surface area contributed by atoms with Crippen molar-refractivity contribution in [1.29, 1.82) is 0 Å². The summed E-state index contributed by atoms with van der Waals surface area (Å²) in [6, 6.07) is 1.23. The fourth-order valence-electron chi connectivity index (χ4n) is 2.37. The molecule has 8 heteroatoms. The molecule has 0 amide bonds. The van der Waals surface area contributed by atoms with E-state index in [0.717, 1.165) is 6.42 Å². The van der Waals surface area contributed by atoms with Crippen LogP contribution >= 0.6 is 0 Å². The van der Waals surface area contributed by atoms with Crippen molar-refractivity contribution in [3.8, 4) is 17.2 Å². The number of methoxy groups -OCH3 is 3. The van der Waals surface area contributed by atoms with Gasteiger partial charge in [-0.25, -0.2) is 4.79 Å². The number of nitrogens with zero attached hydrogens (tertiary/aromatic N) is 1. The zero-order valence-corrected chi connectivity index (χ0v) is 13.5. The maximum absolute atomic E-state index is 12.3. The highest BCUT2D eigenvalue weighted by Gasteiger charge is 2.36. The fourth-order valence-corrected chi connectivity index (χ4v) is 2.37. The van der Waals surface area contributed by atoms with Gasteiger partial charge < -0.3 is 18.9 Å². The van der Waals surface area contributed by atoms with Gasteiger partial charge in [-0.1, -0.05) is 6.92 Å². The Morgan fingerprint density at radius 1 is 1.26 bits per heavy atom. The quantitative estimate of drug-likeness (QED) is 0.431. The third-order valence-corrected chi connectivity index (χ3v) is 3.91. The molecule has 0 aliphatic heterocycles. The van der Waals surface area contributed by atoms with Gasteiger partial charge in [-0.2, -0.15) is 0 Å². The summed E-state index contributed by atoms with van der Waals surface area (Å²) in [4.78, 5) is 23.0. The number of nitro benzene ring substituents is 1. The molecule has 2 unspecified atom stereocenters. The summed E-state index contributed by atoms with van der Waals surface area (Å²) in [5, 5.41) is 11.4. The number of carbonyl (C=O) groups excluding carboxylic acids is 1. The zero-order chi connectivity index (χ0) is 17.1. The minimum absolute atomic E-state index is 0.0501. The number of carbonyl (C=O) groups is 1.